The SMILES string of the molecule is CC[C@@H](C)NC(=O)C[S@@](=O)Cc1nc(-c2cccc(OC)c2)oc1C. The molecular formula is C18H24N2O4S. The lowest BCUT2D eigenvalue weighted by molar-refractivity contribution is -0.119. The van der Waals surface area contributed by atoms with Crippen molar-refractivity contribution >= 4 is 16.7 Å². The third-order valence-electron chi connectivity index (χ3n) is 3.82. The van der Waals surface area contributed by atoms with Crippen molar-refractivity contribution in [3.63, 3.8) is 0 Å². The zero-order chi connectivity index (χ0) is 18.4. The van der Waals surface area contributed by atoms with Gasteiger partial charge in [0.25, 0.3) is 0 Å². The van der Waals surface area contributed by atoms with E-state index < -0.39 is 10.8 Å². The van der Waals surface area contributed by atoms with Gasteiger partial charge in [0.15, 0.2) is 0 Å². The van der Waals surface area contributed by atoms with Crippen molar-refractivity contribution < 1.29 is 18.2 Å². The number of oxazole rings is 1. The second-order valence-corrected chi connectivity index (χ2v) is 7.32. The monoisotopic (exact) mass is 364 g/mol. The van der Waals surface area contributed by atoms with Crippen molar-refractivity contribution in [1.82, 2.24) is 10.3 Å². The summed E-state index contributed by atoms with van der Waals surface area (Å²) in [6.07, 6.45) is 0.838. The van der Waals surface area contributed by atoms with Crippen molar-refractivity contribution in [1.29, 1.82) is 0 Å². The van der Waals surface area contributed by atoms with E-state index in [4.69, 9.17) is 9.15 Å². The summed E-state index contributed by atoms with van der Waals surface area (Å²) >= 11 is 0. The predicted molar refractivity (Wildman–Crippen MR) is 97.8 cm³/mol. The number of amides is 1. The van der Waals surface area contributed by atoms with E-state index >= 15 is 0 Å². The van der Waals surface area contributed by atoms with Crippen LogP contribution in [0.5, 0.6) is 5.75 Å². The Labute approximate surface area is 150 Å². The van der Waals surface area contributed by atoms with Gasteiger partial charge in [-0.05, 0) is 38.5 Å². The first-order valence-electron chi connectivity index (χ1n) is 8.18. The number of aryl methyl sites for hydroxylation is 1. The molecule has 1 aromatic heterocycles. The van der Waals surface area contributed by atoms with Crippen LogP contribution in [0.2, 0.25) is 0 Å². The molecule has 1 heterocycles. The van der Waals surface area contributed by atoms with Crippen LogP contribution in [-0.2, 0) is 21.3 Å². The molecule has 0 radical (unpaired) electrons. The van der Waals surface area contributed by atoms with E-state index in [0.717, 1.165) is 12.0 Å². The van der Waals surface area contributed by atoms with Gasteiger partial charge in [-0.25, -0.2) is 4.98 Å². The van der Waals surface area contributed by atoms with Crippen molar-refractivity contribution in [2.45, 2.75) is 39.0 Å². The van der Waals surface area contributed by atoms with Crippen molar-refractivity contribution in [3.8, 4) is 17.2 Å². The second-order valence-electron chi connectivity index (χ2n) is 5.86. The molecule has 0 unspecified atom stereocenters. The molecule has 2 rings (SSSR count). The molecular weight excluding hydrogens is 340 g/mol. The number of ether oxygens (including phenoxy) is 1. The van der Waals surface area contributed by atoms with Gasteiger partial charge < -0.3 is 14.5 Å². The van der Waals surface area contributed by atoms with Gasteiger partial charge >= 0.3 is 0 Å². The summed E-state index contributed by atoms with van der Waals surface area (Å²) in [7, 11) is 0.258. The highest BCUT2D eigenvalue weighted by molar-refractivity contribution is 7.84. The molecule has 2 atom stereocenters. The van der Waals surface area contributed by atoms with Crippen molar-refractivity contribution in [2.24, 2.45) is 0 Å². The summed E-state index contributed by atoms with van der Waals surface area (Å²) in [4.78, 5) is 16.3. The zero-order valence-corrected chi connectivity index (χ0v) is 15.8. The highest BCUT2D eigenvalue weighted by Gasteiger charge is 2.17. The molecule has 0 bridgehead atoms. The third-order valence-corrected chi connectivity index (χ3v) is 5.00. The summed E-state index contributed by atoms with van der Waals surface area (Å²) < 4.78 is 23.1. The molecule has 25 heavy (non-hydrogen) atoms. The summed E-state index contributed by atoms with van der Waals surface area (Å²) in [5, 5.41) is 2.81. The number of hydrogen-bond acceptors (Lipinski definition) is 5. The molecule has 136 valence electrons. The van der Waals surface area contributed by atoms with Crippen LogP contribution in [-0.4, -0.2) is 34.0 Å². The van der Waals surface area contributed by atoms with Gasteiger partial charge in [0.05, 0.1) is 18.6 Å². The number of hydrogen-bond donors (Lipinski definition) is 1. The molecule has 1 N–H and O–H groups in total. The average molecular weight is 364 g/mol. The third kappa shape index (κ3) is 5.42. The zero-order valence-electron chi connectivity index (χ0n) is 15.0. The summed E-state index contributed by atoms with van der Waals surface area (Å²) in [6, 6.07) is 7.47. The number of carbonyl (C=O) groups excluding carboxylic acids is 1. The first kappa shape index (κ1) is 19.2. The Morgan fingerprint density at radius 1 is 1.44 bits per heavy atom. The molecule has 0 aliphatic heterocycles. The van der Waals surface area contributed by atoms with E-state index in [2.05, 4.69) is 10.3 Å². The number of rotatable bonds is 8. The van der Waals surface area contributed by atoms with E-state index in [1.807, 2.05) is 38.1 Å². The molecule has 0 saturated heterocycles. The van der Waals surface area contributed by atoms with Gasteiger partial charge in [0.2, 0.25) is 11.8 Å². The maximum atomic E-state index is 12.2. The molecule has 6 nitrogen and oxygen atoms in total. The summed E-state index contributed by atoms with van der Waals surface area (Å²) in [5.41, 5.74) is 1.39. The Morgan fingerprint density at radius 3 is 2.88 bits per heavy atom. The minimum absolute atomic E-state index is 0.0366. The predicted octanol–water partition coefficient (Wildman–Crippen LogP) is 2.82. The van der Waals surface area contributed by atoms with Crippen LogP contribution in [0.25, 0.3) is 11.5 Å². The summed E-state index contributed by atoms with van der Waals surface area (Å²) in [5.74, 6) is 1.71. The summed E-state index contributed by atoms with van der Waals surface area (Å²) in [6.45, 7) is 5.69. The van der Waals surface area contributed by atoms with E-state index in [1.165, 1.54) is 0 Å². The average Bonchev–Trinajstić information content (AvgIpc) is 2.95. The van der Waals surface area contributed by atoms with Gasteiger partial charge in [0, 0.05) is 22.4 Å². The number of aromatic nitrogens is 1. The fourth-order valence-corrected chi connectivity index (χ4v) is 3.26. The quantitative estimate of drug-likeness (QED) is 0.779. The van der Waals surface area contributed by atoms with Crippen molar-refractivity contribution in [2.75, 3.05) is 12.9 Å². The Morgan fingerprint density at radius 2 is 2.20 bits per heavy atom. The normalized spacial score (nSPS) is 13.3. The second kappa shape index (κ2) is 8.80. The first-order chi connectivity index (χ1) is 11.9. The van der Waals surface area contributed by atoms with Gasteiger partial charge in [0.1, 0.15) is 17.3 Å². The van der Waals surface area contributed by atoms with E-state index in [1.54, 1.807) is 14.0 Å². The number of carbonyl (C=O) groups is 1. The van der Waals surface area contributed by atoms with Crippen LogP contribution < -0.4 is 10.1 Å². The van der Waals surface area contributed by atoms with E-state index in [-0.39, 0.29) is 23.5 Å². The molecule has 0 aliphatic rings. The smallest absolute Gasteiger partial charge is 0.232 e. The Bertz CT molecular complexity index is 757. The molecule has 1 amide bonds. The molecule has 0 aliphatic carbocycles. The van der Waals surface area contributed by atoms with Crippen molar-refractivity contribution in [3.05, 3.63) is 35.7 Å². The largest absolute Gasteiger partial charge is 0.497 e. The molecule has 2 aromatic rings. The number of benzene rings is 1. The standard InChI is InChI=1S/C18H24N2O4S/c1-5-12(2)19-17(21)11-25(22)10-16-13(3)24-18(20-16)14-7-6-8-15(9-14)23-4/h6-9,12H,5,10-11H2,1-4H3,(H,19,21)/t12-,25+/m1/s1. The van der Waals surface area contributed by atoms with Gasteiger partial charge in [-0.15, -0.1) is 0 Å². The molecule has 0 spiro atoms. The minimum atomic E-state index is -1.34. The Kier molecular flexibility index (Phi) is 6.75. The maximum absolute atomic E-state index is 12.2. The molecule has 0 fully saturated rings. The van der Waals surface area contributed by atoms with Crippen LogP contribution in [0.4, 0.5) is 0 Å². The lowest BCUT2D eigenvalue weighted by Gasteiger charge is -2.10. The molecule has 0 saturated carbocycles. The topological polar surface area (TPSA) is 81.4 Å². The number of nitrogens with one attached hydrogen (secondary N) is 1. The van der Waals surface area contributed by atoms with Crippen LogP contribution in [0.15, 0.2) is 28.7 Å². The molecule has 7 heteroatoms. The fourth-order valence-electron chi connectivity index (χ4n) is 2.21. The van der Waals surface area contributed by atoms with Crippen LogP contribution in [0.3, 0.4) is 0 Å². The maximum Gasteiger partial charge on any atom is 0.232 e. The number of nitrogens with zero attached hydrogens (tertiary/aromatic N) is 1. The van der Waals surface area contributed by atoms with Gasteiger partial charge in [-0.2, -0.15) is 0 Å². The number of methoxy groups -OCH3 is 1. The van der Waals surface area contributed by atoms with Crippen LogP contribution >= 0.6 is 0 Å². The van der Waals surface area contributed by atoms with E-state index in [9.17, 15) is 9.00 Å². The lowest BCUT2D eigenvalue weighted by Crippen LogP contribution is -2.35. The Balaban J connectivity index is 2.04. The highest BCUT2D eigenvalue weighted by Crippen LogP contribution is 2.25. The first-order valence-corrected chi connectivity index (χ1v) is 9.66. The van der Waals surface area contributed by atoms with Gasteiger partial charge in [-0.1, -0.05) is 13.0 Å². The highest BCUT2D eigenvalue weighted by atomic mass is 32.2. The van der Waals surface area contributed by atoms with Crippen LogP contribution in [0, 0.1) is 6.92 Å². The Hall–Kier alpha value is -2.15. The molecule has 1 aromatic carbocycles. The lowest BCUT2D eigenvalue weighted by atomic mass is 10.2. The van der Waals surface area contributed by atoms with Gasteiger partial charge in [-0.3, -0.25) is 9.00 Å². The van der Waals surface area contributed by atoms with E-state index in [0.29, 0.717) is 23.1 Å². The van der Waals surface area contributed by atoms with Crippen LogP contribution in [0.1, 0.15) is 31.7 Å². The minimum Gasteiger partial charge on any atom is -0.497 e. The fraction of sp³-hybridized carbons (Fsp3) is 0.444.